The Morgan fingerprint density at radius 1 is 0.931 bits per heavy atom. The zero-order valence-electron chi connectivity index (χ0n) is 17.9. The van der Waals surface area contributed by atoms with Crippen LogP contribution in [-0.2, 0) is 12.1 Å². The molecule has 0 aromatic heterocycles. The van der Waals surface area contributed by atoms with Gasteiger partial charge in [-0.2, -0.15) is 0 Å². The van der Waals surface area contributed by atoms with E-state index in [1.807, 2.05) is 0 Å². The summed E-state index contributed by atoms with van der Waals surface area (Å²) < 4.78 is 5.86. The van der Waals surface area contributed by atoms with Gasteiger partial charge >= 0.3 is 0 Å². The summed E-state index contributed by atoms with van der Waals surface area (Å²) in [5.74, 6) is 3.57. The highest BCUT2D eigenvalue weighted by molar-refractivity contribution is 5.42. The largest absolute Gasteiger partial charge is 0.494 e. The summed E-state index contributed by atoms with van der Waals surface area (Å²) in [5, 5.41) is 0. The predicted molar refractivity (Wildman–Crippen MR) is 118 cm³/mol. The second-order valence-corrected chi connectivity index (χ2v) is 9.32. The van der Waals surface area contributed by atoms with E-state index in [2.05, 4.69) is 78.2 Å². The fraction of sp³-hybridized carbons (Fsp3) is 0.538. The summed E-state index contributed by atoms with van der Waals surface area (Å²) in [6, 6.07) is 19.9. The molecule has 2 aromatic rings. The molecule has 2 unspecified atom stereocenters. The Bertz CT molecular complexity index is 816. The first-order valence-electron chi connectivity index (χ1n) is 11.5. The van der Waals surface area contributed by atoms with E-state index in [1.165, 1.54) is 37.1 Å². The van der Waals surface area contributed by atoms with Crippen LogP contribution in [0.4, 0.5) is 0 Å². The minimum absolute atomic E-state index is 0.262. The van der Waals surface area contributed by atoms with Crippen molar-refractivity contribution in [2.24, 2.45) is 17.8 Å². The second-order valence-electron chi connectivity index (χ2n) is 9.32. The van der Waals surface area contributed by atoms with Gasteiger partial charge < -0.3 is 4.74 Å². The van der Waals surface area contributed by atoms with Crippen molar-refractivity contribution in [2.75, 3.05) is 32.8 Å². The zero-order chi connectivity index (χ0) is 19.8. The molecular weight excluding hydrogens is 356 g/mol. The lowest BCUT2D eigenvalue weighted by atomic mass is 9.89. The van der Waals surface area contributed by atoms with Gasteiger partial charge in [0.05, 0.1) is 12.1 Å². The molecule has 5 rings (SSSR count). The van der Waals surface area contributed by atoms with Crippen molar-refractivity contribution in [1.82, 2.24) is 9.80 Å². The minimum Gasteiger partial charge on any atom is -0.494 e. The highest BCUT2D eigenvalue weighted by Crippen LogP contribution is 2.70. The van der Waals surface area contributed by atoms with E-state index >= 15 is 0 Å². The van der Waals surface area contributed by atoms with E-state index < -0.39 is 0 Å². The van der Waals surface area contributed by atoms with E-state index in [1.54, 1.807) is 0 Å². The number of rotatable bonds is 6. The molecule has 0 amide bonds. The standard InChI is InChI=1S/C26H34N2O/c1-3-29-23-11-7-10-22(18-23)26(24-16-20(2)17-25(24)26)28-14-12-27(13-15-28)19-21-8-5-4-6-9-21/h4-11,18,20,24-25H,3,12-17,19H2,1-2H3. The van der Waals surface area contributed by atoms with Crippen molar-refractivity contribution in [3.05, 3.63) is 65.7 Å². The molecule has 1 aliphatic heterocycles. The van der Waals surface area contributed by atoms with E-state index in [0.717, 1.165) is 49.7 Å². The topological polar surface area (TPSA) is 15.7 Å². The predicted octanol–water partition coefficient (Wildman–Crippen LogP) is 4.77. The lowest BCUT2D eigenvalue weighted by Gasteiger charge is -2.42. The molecule has 3 heteroatoms. The van der Waals surface area contributed by atoms with Gasteiger partial charge in [0.1, 0.15) is 5.75 Å². The molecule has 2 saturated carbocycles. The second kappa shape index (κ2) is 7.77. The fourth-order valence-corrected chi connectivity index (χ4v) is 6.37. The molecule has 29 heavy (non-hydrogen) atoms. The summed E-state index contributed by atoms with van der Waals surface area (Å²) in [7, 11) is 0. The molecule has 3 nitrogen and oxygen atoms in total. The molecule has 1 heterocycles. The molecule has 1 saturated heterocycles. The van der Waals surface area contributed by atoms with Gasteiger partial charge in [-0.25, -0.2) is 0 Å². The molecule has 3 fully saturated rings. The van der Waals surface area contributed by atoms with Crippen molar-refractivity contribution in [3.63, 3.8) is 0 Å². The van der Waals surface area contributed by atoms with Gasteiger partial charge in [0.25, 0.3) is 0 Å². The van der Waals surface area contributed by atoms with Crippen LogP contribution < -0.4 is 4.74 Å². The normalized spacial score (nSPS) is 32.1. The lowest BCUT2D eigenvalue weighted by molar-refractivity contribution is 0.0578. The highest BCUT2D eigenvalue weighted by Gasteiger charge is 2.70. The molecule has 2 atom stereocenters. The maximum absolute atomic E-state index is 5.86. The molecule has 0 bridgehead atoms. The number of ether oxygens (including phenoxy) is 1. The summed E-state index contributed by atoms with van der Waals surface area (Å²) in [6.07, 6.45) is 2.77. The Morgan fingerprint density at radius 3 is 2.34 bits per heavy atom. The van der Waals surface area contributed by atoms with E-state index in [4.69, 9.17) is 4.74 Å². The van der Waals surface area contributed by atoms with Crippen LogP contribution >= 0.6 is 0 Å². The number of benzene rings is 2. The van der Waals surface area contributed by atoms with Gasteiger partial charge in [0.2, 0.25) is 0 Å². The zero-order valence-corrected chi connectivity index (χ0v) is 17.9. The maximum Gasteiger partial charge on any atom is 0.119 e. The number of hydrogen-bond donors (Lipinski definition) is 0. The van der Waals surface area contributed by atoms with Crippen LogP contribution in [0, 0.1) is 17.8 Å². The van der Waals surface area contributed by atoms with Crippen molar-refractivity contribution >= 4 is 0 Å². The smallest absolute Gasteiger partial charge is 0.119 e. The molecule has 0 spiro atoms. The van der Waals surface area contributed by atoms with Crippen molar-refractivity contribution in [3.8, 4) is 5.75 Å². The average Bonchev–Trinajstić information content (AvgIpc) is 3.16. The number of piperazine rings is 1. The van der Waals surface area contributed by atoms with Crippen molar-refractivity contribution < 1.29 is 4.74 Å². The first kappa shape index (κ1) is 19.1. The number of fused-ring (bicyclic) bond motifs is 1. The molecule has 154 valence electrons. The summed E-state index contributed by atoms with van der Waals surface area (Å²) in [5.41, 5.74) is 3.19. The Labute approximate surface area is 175 Å². The third kappa shape index (κ3) is 3.39. The van der Waals surface area contributed by atoms with Crippen LogP contribution in [0.3, 0.4) is 0 Å². The summed E-state index contributed by atoms with van der Waals surface area (Å²) >= 11 is 0. The third-order valence-electron chi connectivity index (χ3n) is 7.57. The molecular formula is C26H34N2O. The lowest BCUT2D eigenvalue weighted by Crippen LogP contribution is -2.51. The van der Waals surface area contributed by atoms with Crippen LogP contribution in [0.5, 0.6) is 5.75 Å². The van der Waals surface area contributed by atoms with Gasteiger partial charge in [0, 0.05) is 32.7 Å². The van der Waals surface area contributed by atoms with Crippen molar-refractivity contribution in [1.29, 1.82) is 0 Å². The Kier molecular flexibility index (Phi) is 5.13. The van der Waals surface area contributed by atoms with Crippen LogP contribution in [0.15, 0.2) is 54.6 Å². The Morgan fingerprint density at radius 2 is 1.66 bits per heavy atom. The minimum atomic E-state index is 0.262. The van der Waals surface area contributed by atoms with Crippen molar-refractivity contribution in [2.45, 2.75) is 38.8 Å². The number of hydrogen-bond acceptors (Lipinski definition) is 3. The van der Waals surface area contributed by atoms with Gasteiger partial charge in [-0.15, -0.1) is 0 Å². The first-order chi connectivity index (χ1) is 14.2. The van der Waals surface area contributed by atoms with Crippen LogP contribution in [0.25, 0.3) is 0 Å². The highest BCUT2D eigenvalue weighted by atomic mass is 16.5. The quantitative estimate of drug-likeness (QED) is 0.706. The molecule has 0 radical (unpaired) electrons. The van der Waals surface area contributed by atoms with E-state index in [-0.39, 0.29) is 5.54 Å². The summed E-state index contributed by atoms with van der Waals surface area (Å²) in [4.78, 5) is 5.46. The third-order valence-corrected chi connectivity index (χ3v) is 7.57. The van der Waals surface area contributed by atoms with Gasteiger partial charge in [0.15, 0.2) is 0 Å². The van der Waals surface area contributed by atoms with Gasteiger partial charge in [-0.05, 0) is 60.8 Å². The van der Waals surface area contributed by atoms with Crippen LogP contribution in [-0.4, -0.2) is 42.6 Å². The van der Waals surface area contributed by atoms with E-state index in [9.17, 15) is 0 Å². The molecule has 2 aromatic carbocycles. The number of nitrogens with zero attached hydrogens (tertiary/aromatic N) is 2. The fourth-order valence-electron chi connectivity index (χ4n) is 6.37. The molecule has 2 aliphatic carbocycles. The average molecular weight is 391 g/mol. The van der Waals surface area contributed by atoms with Gasteiger partial charge in [-0.3, -0.25) is 9.80 Å². The monoisotopic (exact) mass is 390 g/mol. The first-order valence-corrected chi connectivity index (χ1v) is 11.5. The SMILES string of the molecule is CCOc1cccc(C2(N3CCN(Cc4ccccc4)CC3)C3CC(C)CC32)c1. The maximum atomic E-state index is 5.86. The van der Waals surface area contributed by atoms with Crippen LogP contribution in [0.1, 0.15) is 37.8 Å². The van der Waals surface area contributed by atoms with E-state index in [0.29, 0.717) is 0 Å². The Balaban J connectivity index is 1.34. The molecule has 0 N–H and O–H groups in total. The Hall–Kier alpha value is -1.84. The molecule has 3 aliphatic rings. The summed E-state index contributed by atoms with van der Waals surface area (Å²) in [6.45, 7) is 11.0. The van der Waals surface area contributed by atoms with Gasteiger partial charge in [-0.1, -0.05) is 49.4 Å². The van der Waals surface area contributed by atoms with Crippen LogP contribution in [0.2, 0.25) is 0 Å².